The highest BCUT2D eigenvalue weighted by molar-refractivity contribution is 8.23. The lowest BCUT2D eigenvalue weighted by atomic mass is 10.1. The summed E-state index contributed by atoms with van der Waals surface area (Å²) < 4.78 is 1.46. The molecule has 0 amide bonds. The summed E-state index contributed by atoms with van der Waals surface area (Å²) in [5, 5.41) is 0. The van der Waals surface area contributed by atoms with Crippen LogP contribution in [0.1, 0.15) is 18.9 Å². The van der Waals surface area contributed by atoms with Crippen molar-refractivity contribution in [3.63, 3.8) is 0 Å². The average Bonchev–Trinajstić information content (AvgIpc) is 2.29. The lowest BCUT2D eigenvalue weighted by Gasteiger charge is -2.16. The van der Waals surface area contributed by atoms with E-state index in [9.17, 15) is 0 Å². The molecule has 1 aliphatic rings. The molecule has 4 heteroatoms. The predicted molar refractivity (Wildman–Crippen MR) is 80.2 cm³/mol. The van der Waals surface area contributed by atoms with Crippen molar-refractivity contribution >= 4 is 47.2 Å². The van der Waals surface area contributed by atoms with E-state index in [0.717, 1.165) is 5.69 Å². The Morgan fingerprint density at radius 3 is 2.56 bits per heavy atom. The highest BCUT2D eigenvalue weighted by Crippen LogP contribution is 2.40. The van der Waals surface area contributed by atoms with Crippen LogP contribution in [0.2, 0.25) is 0 Å². The van der Waals surface area contributed by atoms with Gasteiger partial charge in [-0.05, 0) is 48.1 Å². The molecule has 0 saturated carbocycles. The van der Waals surface area contributed by atoms with Gasteiger partial charge in [0.15, 0.2) is 0 Å². The van der Waals surface area contributed by atoms with Gasteiger partial charge in [0, 0.05) is 9.92 Å². The molecule has 1 heterocycles. The Labute approximate surface area is 112 Å². The molecule has 0 spiro atoms. The molecule has 1 aromatic carbocycles. The minimum atomic E-state index is 0. The summed E-state index contributed by atoms with van der Waals surface area (Å²) in [5.74, 6) is 2.50. The van der Waals surface area contributed by atoms with Crippen LogP contribution in [0.25, 0.3) is 5.57 Å². The third kappa shape index (κ3) is 3.37. The Balaban J connectivity index is 0.00000128. The Hall–Kier alpha value is -0.250. The van der Waals surface area contributed by atoms with Gasteiger partial charge >= 0.3 is 0 Å². The van der Waals surface area contributed by atoms with Gasteiger partial charge in [-0.3, -0.25) is 0 Å². The smallest absolute Gasteiger partial charge is 0.0436 e. The first-order valence-corrected chi connectivity index (χ1v) is 7.07. The molecule has 0 radical (unpaired) electrons. The van der Waals surface area contributed by atoms with Crippen molar-refractivity contribution < 1.29 is 0 Å². The normalized spacial score (nSPS) is 15.4. The number of nitrogens with two attached hydrogens (primary N) is 1. The van der Waals surface area contributed by atoms with E-state index in [1.165, 1.54) is 33.3 Å². The quantitative estimate of drug-likeness (QED) is 0.775. The summed E-state index contributed by atoms with van der Waals surface area (Å²) in [5.41, 5.74) is 9.26. The van der Waals surface area contributed by atoms with E-state index in [-0.39, 0.29) is 12.4 Å². The SMILES string of the molecule is CC(=C1SCCCS1)c1cccc(N)c1.Cl. The molecule has 1 nitrogen and oxygen atoms in total. The van der Waals surface area contributed by atoms with E-state index >= 15 is 0 Å². The minimum absolute atomic E-state index is 0. The first-order chi connectivity index (χ1) is 7.27. The lowest BCUT2D eigenvalue weighted by Crippen LogP contribution is -1.94. The molecule has 2 rings (SSSR count). The fourth-order valence-electron chi connectivity index (χ4n) is 1.54. The summed E-state index contributed by atoms with van der Waals surface area (Å²) >= 11 is 3.95. The Morgan fingerprint density at radius 1 is 1.25 bits per heavy atom. The van der Waals surface area contributed by atoms with E-state index in [4.69, 9.17) is 5.73 Å². The molecule has 16 heavy (non-hydrogen) atoms. The molecule has 1 aliphatic heterocycles. The monoisotopic (exact) mass is 273 g/mol. The fraction of sp³-hybridized carbons (Fsp3) is 0.333. The zero-order valence-corrected chi connectivity index (χ0v) is 11.7. The number of hydrogen-bond acceptors (Lipinski definition) is 3. The maximum atomic E-state index is 5.79. The van der Waals surface area contributed by atoms with Gasteiger partial charge in [-0.2, -0.15) is 0 Å². The van der Waals surface area contributed by atoms with Gasteiger partial charge in [-0.1, -0.05) is 12.1 Å². The highest BCUT2D eigenvalue weighted by atomic mass is 35.5. The topological polar surface area (TPSA) is 26.0 Å². The number of nitrogen functional groups attached to an aromatic ring is 1. The van der Waals surface area contributed by atoms with Gasteiger partial charge in [0.05, 0.1) is 0 Å². The van der Waals surface area contributed by atoms with E-state index in [1.807, 2.05) is 35.7 Å². The molecular formula is C12H16ClNS2. The van der Waals surface area contributed by atoms with Crippen LogP contribution in [0.4, 0.5) is 5.69 Å². The largest absolute Gasteiger partial charge is 0.399 e. The summed E-state index contributed by atoms with van der Waals surface area (Å²) in [7, 11) is 0. The van der Waals surface area contributed by atoms with Crippen LogP contribution in [0.5, 0.6) is 0 Å². The van der Waals surface area contributed by atoms with E-state index in [2.05, 4.69) is 19.1 Å². The van der Waals surface area contributed by atoms with Crippen molar-refractivity contribution in [2.75, 3.05) is 17.2 Å². The standard InChI is InChI=1S/C12H15NS2.ClH/c1-9(12-14-6-3-7-15-12)10-4-2-5-11(13)8-10;/h2,4-5,8H,3,6-7,13H2,1H3;1H. The molecule has 0 aromatic heterocycles. The Kier molecular flexibility index (Phi) is 5.59. The second-order valence-corrected chi connectivity index (χ2v) is 6.06. The van der Waals surface area contributed by atoms with Crippen molar-refractivity contribution in [1.82, 2.24) is 0 Å². The molecule has 1 saturated heterocycles. The van der Waals surface area contributed by atoms with Gasteiger partial charge < -0.3 is 5.73 Å². The maximum absolute atomic E-state index is 5.79. The maximum Gasteiger partial charge on any atom is 0.0436 e. The Bertz CT molecular complexity index is 382. The third-order valence-electron chi connectivity index (χ3n) is 2.38. The number of benzene rings is 1. The third-order valence-corrected chi connectivity index (χ3v) is 5.21. The van der Waals surface area contributed by atoms with Crippen LogP contribution in [-0.2, 0) is 0 Å². The van der Waals surface area contributed by atoms with Crippen molar-refractivity contribution in [3.8, 4) is 0 Å². The second-order valence-electron chi connectivity index (χ2n) is 3.59. The summed E-state index contributed by atoms with van der Waals surface area (Å²) in [4.78, 5) is 0. The predicted octanol–water partition coefficient (Wildman–Crippen LogP) is 4.25. The second kappa shape index (κ2) is 6.48. The van der Waals surface area contributed by atoms with Gasteiger partial charge in [-0.25, -0.2) is 0 Å². The zero-order chi connectivity index (χ0) is 10.7. The first-order valence-electron chi connectivity index (χ1n) is 5.10. The van der Waals surface area contributed by atoms with Crippen molar-refractivity contribution in [2.24, 2.45) is 0 Å². The number of rotatable bonds is 1. The van der Waals surface area contributed by atoms with Crippen LogP contribution < -0.4 is 5.73 Å². The van der Waals surface area contributed by atoms with Crippen LogP contribution in [0, 0.1) is 0 Å². The fourth-order valence-corrected chi connectivity index (χ4v) is 4.17. The van der Waals surface area contributed by atoms with Gasteiger partial charge in [-0.15, -0.1) is 35.9 Å². The highest BCUT2D eigenvalue weighted by Gasteiger charge is 2.10. The van der Waals surface area contributed by atoms with Crippen LogP contribution in [-0.4, -0.2) is 11.5 Å². The number of allylic oxidation sites excluding steroid dienone is 1. The zero-order valence-electron chi connectivity index (χ0n) is 9.23. The first kappa shape index (κ1) is 13.8. The average molecular weight is 274 g/mol. The van der Waals surface area contributed by atoms with Gasteiger partial charge in [0.25, 0.3) is 0 Å². The molecule has 88 valence electrons. The molecule has 0 unspecified atom stereocenters. The molecule has 0 bridgehead atoms. The van der Waals surface area contributed by atoms with Crippen LogP contribution >= 0.6 is 35.9 Å². The number of thioether (sulfide) groups is 2. The van der Waals surface area contributed by atoms with E-state index in [0.29, 0.717) is 0 Å². The number of anilines is 1. The number of halogens is 1. The van der Waals surface area contributed by atoms with Crippen LogP contribution in [0.3, 0.4) is 0 Å². The lowest BCUT2D eigenvalue weighted by molar-refractivity contribution is 1.12. The minimum Gasteiger partial charge on any atom is -0.399 e. The molecular weight excluding hydrogens is 258 g/mol. The summed E-state index contributed by atoms with van der Waals surface area (Å²) in [6, 6.07) is 8.14. The van der Waals surface area contributed by atoms with Gasteiger partial charge in [0.1, 0.15) is 0 Å². The molecule has 1 fully saturated rings. The number of hydrogen-bond donors (Lipinski definition) is 1. The van der Waals surface area contributed by atoms with Crippen molar-refractivity contribution in [2.45, 2.75) is 13.3 Å². The summed E-state index contributed by atoms with van der Waals surface area (Å²) in [6.07, 6.45) is 1.32. The van der Waals surface area contributed by atoms with Crippen molar-refractivity contribution in [1.29, 1.82) is 0 Å². The molecule has 0 atom stereocenters. The van der Waals surface area contributed by atoms with Crippen LogP contribution in [0.15, 0.2) is 28.5 Å². The van der Waals surface area contributed by atoms with E-state index in [1.54, 1.807) is 0 Å². The molecule has 1 aromatic rings. The van der Waals surface area contributed by atoms with E-state index < -0.39 is 0 Å². The summed E-state index contributed by atoms with van der Waals surface area (Å²) in [6.45, 7) is 2.19. The molecule has 2 N–H and O–H groups in total. The molecule has 0 aliphatic carbocycles. The Morgan fingerprint density at radius 2 is 1.94 bits per heavy atom. The van der Waals surface area contributed by atoms with Crippen molar-refractivity contribution in [3.05, 3.63) is 34.1 Å². The van der Waals surface area contributed by atoms with Gasteiger partial charge in [0.2, 0.25) is 0 Å².